The lowest BCUT2D eigenvalue weighted by Crippen LogP contribution is -2.50. The first-order chi connectivity index (χ1) is 12.6. The lowest BCUT2D eigenvalue weighted by molar-refractivity contribution is -0.117. The predicted octanol–water partition coefficient (Wildman–Crippen LogP) is 0.771. The van der Waals surface area contributed by atoms with Gasteiger partial charge in [0.25, 0.3) is 5.91 Å². The molecule has 1 aliphatic heterocycles. The maximum absolute atomic E-state index is 12.3. The molecule has 26 heavy (non-hydrogen) atoms. The highest BCUT2D eigenvalue weighted by atomic mass is 16.6. The van der Waals surface area contributed by atoms with Gasteiger partial charge >= 0.3 is 6.09 Å². The Kier molecular flexibility index (Phi) is 6.85. The number of nitriles is 1. The average molecular weight is 357 g/mol. The van der Waals surface area contributed by atoms with E-state index >= 15 is 0 Å². The van der Waals surface area contributed by atoms with E-state index < -0.39 is 5.91 Å². The van der Waals surface area contributed by atoms with Crippen LogP contribution in [0.2, 0.25) is 0 Å². The number of hydrogen-bond donors (Lipinski definition) is 2. The fourth-order valence-corrected chi connectivity index (χ4v) is 2.59. The van der Waals surface area contributed by atoms with Gasteiger partial charge in [0.05, 0.1) is 6.61 Å². The molecule has 1 saturated heterocycles. The third kappa shape index (κ3) is 4.89. The van der Waals surface area contributed by atoms with Gasteiger partial charge in [0, 0.05) is 32.7 Å². The fourth-order valence-electron chi connectivity index (χ4n) is 2.59. The number of amides is 2. The highest BCUT2D eigenvalue weighted by molar-refractivity contribution is 5.97. The standard InChI is InChI=1S/C18H23N5O3/c1-2-26-18(25)23-10-8-22(9-11-23)16(20)15(12-19)17(24)21-13-14-6-4-3-5-7-14/h3-7H,2,8-11,13,20H2,1H3,(H,21,24)/b16-15+. The highest BCUT2D eigenvalue weighted by Crippen LogP contribution is 2.11. The van der Waals surface area contributed by atoms with E-state index in [0.29, 0.717) is 39.3 Å². The Bertz CT molecular complexity index is 703. The monoisotopic (exact) mass is 357 g/mol. The van der Waals surface area contributed by atoms with E-state index in [-0.39, 0.29) is 17.5 Å². The van der Waals surface area contributed by atoms with Gasteiger partial charge in [0.1, 0.15) is 11.9 Å². The Hall–Kier alpha value is -3.21. The van der Waals surface area contributed by atoms with Crippen LogP contribution in [0, 0.1) is 11.3 Å². The van der Waals surface area contributed by atoms with Crippen LogP contribution in [-0.2, 0) is 16.1 Å². The molecule has 1 aromatic rings. The van der Waals surface area contributed by atoms with Crippen molar-refractivity contribution in [2.75, 3.05) is 32.8 Å². The molecule has 8 heteroatoms. The summed E-state index contributed by atoms with van der Waals surface area (Å²) in [5.74, 6) is -0.386. The van der Waals surface area contributed by atoms with Crippen LogP contribution in [0.15, 0.2) is 41.7 Å². The molecule has 0 radical (unpaired) electrons. The molecular formula is C18H23N5O3. The SMILES string of the molecule is CCOC(=O)N1CCN(/C(N)=C(\C#N)C(=O)NCc2ccccc2)CC1. The maximum atomic E-state index is 12.3. The molecule has 0 aliphatic carbocycles. The third-order valence-corrected chi connectivity index (χ3v) is 4.04. The van der Waals surface area contributed by atoms with Gasteiger partial charge in [-0.05, 0) is 12.5 Å². The second kappa shape index (κ2) is 9.32. The molecule has 1 aliphatic rings. The summed E-state index contributed by atoms with van der Waals surface area (Å²) in [6.45, 7) is 4.09. The lowest BCUT2D eigenvalue weighted by Gasteiger charge is -2.35. The van der Waals surface area contributed by atoms with Crippen molar-refractivity contribution in [3.63, 3.8) is 0 Å². The number of carbonyl (C=O) groups excluding carboxylic acids is 2. The Morgan fingerprint density at radius 3 is 2.38 bits per heavy atom. The molecule has 0 spiro atoms. The summed E-state index contributed by atoms with van der Waals surface area (Å²) in [6, 6.07) is 11.3. The zero-order valence-corrected chi connectivity index (χ0v) is 14.8. The van der Waals surface area contributed by atoms with Crippen LogP contribution in [0.4, 0.5) is 4.79 Å². The van der Waals surface area contributed by atoms with Crippen molar-refractivity contribution in [3.05, 3.63) is 47.3 Å². The van der Waals surface area contributed by atoms with Crippen molar-refractivity contribution in [1.29, 1.82) is 5.26 Å². The van der Waals surface area contributed by atoms with E-state index in [2.05, 4.69) is 5.32 Å². The van der Waals surface area contributed by atoms with Crippen LogP contribution >= 0.6 is 0 Å². The normalized spacial score (nSPS) is 14.9. The highest BCUT2D eigenvalue weighted by Gasteiger charge is 2.25. The number of nitrogens with two attached hydrogens (primary N) is 1. The molecule has 2 rings (SSSR count). The number of benzene rings is 1. The summed E-state index contributed by atoms with van der Waals surface area (Å²) in [4.78, 5) is 27.3. The first kappa shape index (κ1) is 19.1. The van der Waals surface area contributed by atoms with Gasteiger partial charge in [-0.3, -0.25) is 4.79 Å². The van der Waals surface area contributed by atoms with E-state index in [1.165, 1.54) is 0 Å². The summed E-state index contributed by atoms with van der Waals surface area (Å²) in [5.41, 5.74) is 6.85. The molecule has 1 heterocycles. The van der Waals surface area contributed by atoms with Crippen molar-refractivity contribution in [2.45, 2.75) is 13.5 Å². The number of piperazine rings is 1. The van der Waals surface area contributed by atoms with Crippen LogP contribution in [-0.4, -0.2) is 54.6 Å². The molecule has 1 fully saturated rings. The molecule has 1 aromatic carbocycles. The first-order valence-electron chi connectivity index (χ1n) is 8.45. The summed E-state index contributed by atoms with van der Waals surface area (Å²) in [7, 11) is 0. The van der Waals surface area contributed by atoms with Crippen LogP contribution in [0.25, 0.3) is 0 Å². The maximum Gasteiger partial charge on any atom is 0.409 e. The minimum Gasteiger partial charge on any atom is -0.450 e. The van der Waals surface area contributed by atoms with Crippen molar-refractivity contribution in [1.82, 2.24) is 15.1 Å². The van der Waals surface area contributed by atoms with Crippen LogP contribution < -0.4 is 11.1 Å². The number of rotatable bonds is 5. The molecule has 2 amide bonds. The fraction of sp³-hybridized carbons (Fsp3) is 0.389. The van der Waals surface area contributed by atoms with Gasteiger partial charge in [-0.25, -0.2) is 4.79 Å². The summed E-state index contributed by atoms with van der Waals surface area (Å²) < 4.78 is 4.97. The molecule has 8 nitrogen and oxygen atoms in total. The molecule has 0 saturated carbocycles. The van der Waals surface area contributed by atoms with Crippen LogP contribution in [0.3, 0.4) is 0 Å². The predicted molar refractivity (Wildman–Crippen MR) is 95.3 cm³/mol. The average Bonchev–Trinajstić information content (AvgIpc) is 2.68. The molecule has 138 valence electrons. The zero-order valence-electron chi connectivity index (χ0n) is 14.8. The van der Waals surface area contributed by atoms with Crippen LogP contribution in [0.5, 0.6) is 0 Å². The van der Waals surface area contributed by atoms with Crippen molar-refractivity contribution >= 4 is 12.0 Å². The van der Waals surface area contributed by atoms with E-state index in [1.54, 1.807) is 16.7 Å². The van der Waals surface area contributed by atoms with Gasteiger partial charge in [0.15, 0.2) is 5.57 Å². The minimum absolute atomic E-state index is 0.120. The second-order valence-corrected chi connectivity index (χ2v) is 5.71. The van der Waals surface area contributed by atoms with Gasteiger partial charge in [-0.1, -0.05) is 30.3 Å². The minimum atomic E-state index is -0.512. The van der Waals surface area contributed by atoms with Crippen molar-refractivity contribution < 1.29 is 14.3 Å². The Morgan fingerprint density at radius 1 is 1.19 bits per heavy atom. The van der Waals surface area contributed by atoms with E-state index in [0.717, 1.165) is 5.56 Å². The Morgan fingerprint density at radius 2 is 1.81 bits per heavy atom. The van der Waals surface area contributed by atoms with Gasteiger partial charge in [0.2, 0.25) is 0 Å². The summed E-state index contributed by atoms with van der Waals surface area (Å²) >= 11 is 0. The number of ether oxygens (including phenoxy) is 1. The topological polar surface area (TPSA) is 112 Å². The largest absolute Gasteiger partial charge is 0.450 e. The van der Waals surface area contributed by atoms with E-state index in [1.807, 2.05) is 36.4 Å². The third-order valence-electron chi connectivity index (χ3n) is 4.04. The van der Waals surface area contributed by atoms with Crippen molar-refractivity contribution in [2.24, 2.45) is 5.73 Å². The van der Waals surface area contributed by atoms with Gasteiger partial charge < -0.3 is 25.6 Å². The second-order valence-electron chi connectivity index (χ2n) is 5.71. The van der Waals surface area contributed by atoms with Crippen LogP contribution in [0.1, 0.15) is 12.5 Å². The zero-order chi connectivity index (χ0) is 18.9. The Labute approximate surface area is 152 Å². The number of nitrogens with one attached hydrogen (secondary N) is 1. The molecule has 0 aromatic heterocycles. The number of hydrogen-bond acceptors (Lipinski definition) is 6. The number of carbonyl (C=O) groups is 2. The molecule has 3 N–H and O–H groups in total. The molecule has 0 atom stereocenters. The van der Waals surface area contributed by atoms with E-state index in [4.69, 9.17) is 10.5 Å². The molecular weight excluding hydrogens is 334 g/mol. The lowest BCUT2D eigenvalue weighted by atomic mass is 10.2. The first-order valence-corrected chi connectivity index (χ1v) is 8.45. The number of nitrogens with zero attached hydrogens (tertiary/aromatic N) is 3. The molecule has 0 bridgehead atoms. The summed E-state index contributed by atoms with van der Waals surface area (Å²) in [5, 5.41) is 12.0. The Balaban J connectivity index is 1.96. The van der Waals surface area contributed by atoms with Gasteiger partial charge in [-0.15, -0.1) is 0 Å². The smallest absolute Gasteiger partial charge is 0.409 e. The van der Waals surface area contributed by atoms with E-state index in [9.17, 15) is 14.9 Å². The quantitative estimate of drug-likeness (QED) is 0.595. The van der Waals surface area contributed by atoms with Crippen molar-refractivity contribution in [3.8, 4) is 6.07 Å². The molecule has 0 unspecified atom stereocenters. The summed E-state index contributed by atoms with van der Waals surface area (Å²) in [6.07, 6.45) is -0.365. The van der Waals surface area contributed by atoms with Gasteiger partial charge in [-0.2, -0.15) is 5.26 Å².